The van der Waals surface area contributed by atoms with E-state index < -0.39 is 23.5 Å². The van der Waals surface area contributed by atoms with E-state index in [1.807, 2.05) is 0 Å². The molecule has 1 aromatic carbocycles. The Hall–Kier alpha value is -2.62. The minimum absolute atomic E-state index is 0.0476. The van der Waals surface area contributed by atoms with Crippen molar-refractivity contribution in [2.45, 2.75) is 37.5 Å². The van der Waals surface area contributed by atoms with Crippen LogP contribution in [0.3, 0.4) is 0 Å². The number of nitrogens with zero attached hydrogens (tertiary/aromatic N) is 3. The lowest BCUT2D eigenvalue weighted by atomic mass is 9.92. The van der Waals surface area contributed by atoms with Crippen LogP contribution in [-0.2, 0) is 4.79 Å². The average molecular weight is 415 g/mol. The first-order valence-electron chi connectivity index (χ1n) is 9.02. The van der Waals surface area contributed by atoms with E-state index >= 15 is 0 Å². The number of likely N-dealkylation sites (tertiary alicyclic amines) is 1. The van der Waals surface area contributed by atoms with Crippen LogP contribution >= 0.6 is 0 Å². The highest BCUT2D eigenvalue weighted by Gasteiger charge is 2.57. The quantitative estimate of drug-likeness (QED) is 0.780. The molecule has 6 nitrogen and oxygen atoms in total. The molecular formula is C19H21F4N3O3. The van der Waals surface area contributed by atoms with Crippen LogP contribution in [0.25, 0.3) is 5.69 Å². The maximum atomic E-state index is 14.4. The summed E-state index contributed by atoms with van der Waals surface area (Å²) in [4.78, 5) is 13.1. The summed E-state index contributed by atoms with van der Waals surface area (Å²) in [6.45, 7) is 0.557. The van der Waals surface area contributed by atoms with Gasteiger partial charge in [-0.15, -0.1) is 0 Å². The smallest absolute Gasteiger partial charge is 0.426 e. The van der Waals surface area contributed by atoms with Gasteiger partial charge in [-0.2, -0.15) is 18.3 Å². The number of benzene rings is 1. The third-order valence-corrected chi connectivity index (χ3v) is 5.22. The molecule has 3 rings (SSSR count). The SMILES string of the molecule is COc1ccc(-n2nccc2C2CCN(C(=O)C(C)(O)C(F)(F)F)CC2)c(F)c1. The molecule has 0 radical (unpaired) electrons. The van der Waals surface area contributed by atoms with E-state index in [4.69, 9.17) is 4.74 Å². The normalized spacial score (nSPS) is 17.8. The number of aliphatic hydroxyl groups is 1. The summed E-state index contributed by atoms with van der Waals surface area (Å²) in [6, 6.07) is 6.09. The minimum atomic E-state index is -5.05. The zero-order chi connectivity index (χ0) is 21.4. The van der Waals surface area contributed by atoms with E-state index in [1.165, 1.54) is 30.1 Å². The Morgan fingerprint density at radius 3 is 2.45 bits per heavy atom. The van der Waals surface area contributed by atoms with E-state index in [0.29, 0.717) is 31.2 Å². The highest BCUT2D eigenvalue weighted by atomic mass is 19.4. The molecule has 2 heterocycles. The highest BCUT2D eigenvalue weighted by Crippen LogP contribution is 2.35. The van der Waals surface area contributed by atoms with Gasteiger partial charge < -0.3 is 14.7 Å². The van der Waals surface area contributed by atoms with Gasteiger partial charge in [0.2, 0.25) is 5.60 Å². The third-order valence-electron chi connectivity index (χ3n) is 5.22. The van der Waals surface area contributed by atoms with Crippen molar-refractivity contribution in [1.82, 2.24) is 14.7 Å². The molecule has 1 aromatic heterocycles. The number of rotatable bonds is 4. The first-order valence-corrected chi connectivity index (χ1v) is 9.02. The van der Waals surface area contributed by atoms with Crippen molar-refractivity contribution in [3.63, 3.8) is 0 Å². The molecule has 1 aliphatic rings. The Bertz CT molecular complexity index is 887. The number of amides is 1. The molecule has 0 saturated carbocycles. The maximum absolute atomic E-state index is 14.4. The molecule has 1 amide bonds. The van der Waals surface area contributed by atoms with Gasteiger partial charge in [0.15, 0.2) is 5.82 Å². The molecule has 1 fully saturated rings. The van der Waals surface area contributed by atoms with Crippen molar-refractivity contribution in [2.75, 3.05) is 20.2 Å². The number of hydrogen-bond donors (Lipinski definition) is 1. The van der Waals surface area contributed by atoms with Crippen molar-refractivity contribution in [1.29, 1.82) is 0 Å². The molecule has 1 aliphatic heterocycles. The fourth-order valence-corrected chi connectivity index (χ4v) is 3.42. The van der Waals surface area contributed by atoms with Crippen LogP contribution in [0.2, 0.25) is 0 Å². The molecule has 1 unspecified atom stereocenters. The first-order chi connectivity index (χ1) is 13.6. The van der Waals surface area contributed by atoms with E-state index in [2.05, 4.69) is 5.10 Å². The zero-order valence-electron chi connectivity index (χ0n) is 15.9. The van der Waals surface area contributed by atoms with Gasteiger partial charge in [0.25, 0.3) is 5.91 Å². The minimum Gasteiger partial charge on any atom is -0.497 e. The number of alkyl halides is 3. The van der Waals surface area contributed by atoms with E-state index in [-0.39, 0.29) is 24.7 Å². The molecule has 0 bridgehead atoms. The summed E-state index contributed by atoms with van der Waals surface area (Å²) in [7, 11) is 1.43. The van der Waals surface area contributed by atoms with Crippen molar-refractivity contribution in [2.24, 2.45) is 0 Å². The molecule has 1 atom stereocenters. The van der Waals surface area contributed by atoms with E-state index in [1.54, 1.807) is 12.1 Å². The number of carbonyl (C=O) groups excluding carboxylic acids is 1. The number of piperidine rings is 1. The summed E-state index contributed by atoms with van der Waals surface area (Å²) in [5.74, 6) is -1.65. The van der Waals surface area contributed by atoms with Gasteiger partial charge in [0.1, 0.15) is 11.4 Å². The number of carbonyl (C=O) groups is 1. The van der Waals surface area contributed by atoms with Crippen molar-refractivity contribution in [3.05, 3.63) is 42.0 Å². The number of hydrogen-bond acceptors (Lipinski definition) is 4. The lowest BCUT2D eigenvalue weighted by molar-refractivity contribution is -0.250. The molecule has 0 aliphatic carbocycles. The van der Waals surface area contributed by atoms with Crippen molar-refractivity contribution < 1.29 is 32.2 Å². The van der Waals surface area contributed by atoms with Gasteiger partial charge in [-0.1, -0.05) is 0 Å². The van der Waals surface area contributed by atoms with Gasteiger partial charge in [0, 0.05) is 37.0 Å². The van der Waals surface area contributed by atoms with Crippen molar-refractivity contribution in [3.8, 4) is 11.4 Å². The Labute approximate surface area is 164 Å². The van der Waals surface area contributed by atoms with E-state index in [9.17, 15) is 27.5 Å². The number of aromatic nitrogens is 2. The summed E-state index contributed by atoms with van der Waals surface area (Å²) >= 11 is 0. The molecule has 0 spiro atoms. The van der Waals surface area contributed by atoms with Crippen LogP contribution in [0.1, 0.15) is 31.4 Å². The van der Waals surface area contributed by atoms with Crippen LogP contribution in [0.5, 0.6) is 5.75 Å². The van der Waals surface area contributed by atoms with Crippen LogP contribution in [0, 0.1) is 5.82 Å². The Morgan fingerprint density at radius 1 is 1.24 bits per heavy atom. The predicted molar refractivity (Wildman–Crippen MR) is 95.3 cm³/mol. The monoisotopic (exact) mass is 415 g/mol. The standard InChI is InChI=1S/C19H21F4N3O3/c1-18(28,19(21,22)23)17(27)25-9-6-12(7-10-25)15-5-8-24-26(15)16-4-3-13(29-2)11-14(16)20/h3-5,8,11-12,28H,6-7,9-10H2,1-2H3. The molecule has 10 heteroatoms. The second kappa shape index (κ2) is 7.66. The van der Waals surface area contributed by atoms with Gasteiger partial charge in [-0.25, -0.2) is 9.07 Å². The zero-order valence-corrected chi connectivity index (χ0v) is 15.9. The summed E-state index contributed by atoms with van der Waals surface area (Å²) in [5.41, 5.74) is -2.50. The number of methoxy groups -OCH3 is 1. The van der Waals surface area contributed by atoms with Crippen LogP contribution < -0.4 is 4.74 Å². The van der Waals surface area contributed by atoms with Crippen LogP contribution in [0.15, 0.2) is 30.5 Å². The summed E-state index contributed by atoms with van der Waals surface area (Å²) in [6.07, 6.45) is -2.80. The van der Waals surface area contributed by atoms with Gasteiger partial charge in [0.05, 0.1) is 7.11 Å². The summed E-state index contributed by atoms with van der Waals surface area (Å²) in [5, 5.41) is 13.8. The second-order valence-corrected chi connectivity index (χ2v) is 7.12. The second-order valence-electron chi connectivity index (χ2n) is 7.12. The highest BCUT2D eigenvalue weighted by molar-refractivity contribution is 5.85. The van der Waals surface area contributed by atoms with Gasteiger partial charge >= 0.3 is 6.18 Å². The number of ether oxygens (including phenoxy) is 1. The Balaban J connectivity index is 1.75. The number of halogens is 4. The molecule has 29 heavy (non-hydrogen) atoms. The van der Waals surface area contributed by atoms with Gasteiger partial charge in [-0.3, -0.25) is 4.79 Å². The van der Waals surface area contributed by atoms with Crippen molar-refractivity contribution >= 4 is 5.91 Å². The fourth-order valence-electron chi connectivity index (χ4n) is 3.42. The average Bonchev–Trinajstić information content (AvgIpc) is 3.16. The lowest BCUT2D eigenvalue weighted by Gasteiger charge is -2.36. The molecular weight excluding hydrogens is 394 g/mol. The lowest BCUT2D eigenvalue weighted by Crippen LogP contribution is -2.57. The molecule has 2 aromatic rings. The van der Waals surface area contributed by atoms with E-state index in [0.717, 1.165) is 4.90 Å². The Morgan fingerprint density at radius 2 is 1.90 bits per heavy atom. The molecule has 1 saturated heterocycles. The summed E-state index contributed by atoms with van der Waals surface area (Å²) < 4.78 is 59.6. The predicted octanol–water partition coefficient (Wildman–Crippen LogP) is 3.04. The van der Waals surface area contributed by atoms with Gasteiger partial charge in [-0.05, 0) is 38.0 Å². The Kier molecular flexibility index (Phi) is 5.57. The third kappa shape index (κ3) is 3.93. The fraction of sp³-hybridized carbons (Fsp3) is 0.474. The van der Waals surface area contributed by atoms with Crippen LogP contribution in [-0.4, -0.2) is 57.7 Å². The topological polar surface area (TPSA) is 67.6 Å². The first kappa shape index (κ1) is 21.1. The van der Waals surface area contributed by atoms with Crippen LogP contribution in [0.4, 0.5) is 17.6 Å². The molecule has 158 valence electrons. The molecule has 1 N–H and O–H groups in total. The maximum Gasteiger partial charge on any atom is 0.426 e. The largest absolute Gasteiger partial charge is 0.497 e.